The van der Waals surface area contributed by atoms with Crippen molar-refractivity contribution in [3.8, 4) is 0 Å². The van der Waals surface area contributed by atoms with Gasteiger partial charge in [0.05, 0.1) is 0 Å². The highest BCUT2D eigenvalue weighted by molar-refractivity contribution is 5.55. The van der Waals surface area contributed by atoms with Crippen LogP contribution in [0.2, 0.25) is 0 Å². The lowest BCUT2D eigenvalue weighted by molar-refractivity contribution is 0.448. The summed E-state index contributed by atoms with van der Waals surface area (Å²) in [5.74, 6) is 0.477. The van der Waals surface area contributed by atoms with Gasteiger partial charge in [0.15, 0.2) is 0 Å². The molecule has 1 heterocycles. The largest absolute Gasteiger partial charge is 0.368 e. The molecule has 1 aromatic rings. The van der Waals surface area contributed by atoms with Crippen LogP contribution in [0, 0.1) is 11.7 Å². The van der Waals surface area contributed by atoms with E-state index in [0.29, 0.717) is 12.0 Å². The topological polar surface area (TPSA) is 15.3 Å². The number of piperidine rings is 1. The number of nitrogens with one attached hydrogen (secondary N) is 1. The first-order chi connectivity index (χ1) is 10.1. The van der Waals surface area contributed by atoms with Crippen LogP contribution >= 0.6 is 0 Å². The average molecular weight is 292 g/mol. The van der Waals surface area contributed by atoms with Gasteiger partial charge in [0, 0.05) is 24.8 Å². The number of anilines is 1. The van der Waals surface area contributed by atoms with Crippen molar-refractivity contribution in [2.24, 2.45) is 5.92 Å². The van der Waals surface area contributed by atoms with Crippen molar-refractivity contribution >= 4 is 5.69 Å². The first-order valence-electron chi connectivity index (χ1n) is 8.37. The minimum Gasteiger partial charge on any atom is -0.368 e. The van der Waals surface area contributed by atoms with E-state index in [-0.39, 0.29) is 5.82 Å². The fourth-order valence-electron chi connectivity index (χ4n) is 3.21. The van der Waals surface area contributed by atoms with Crippen molar-refractivity contribution in [3.63, 3.8) is 0 Å². The molecule has 118 valence electrons. The number of nitrogens with zero attached hydrogens (tertiary/aromatic N) is 1. The van der Waals surface area contributed by atoms with E-state index in [2.05, 4.69) is 31.0 Å². The van der Waals surface area contributed by atoms with Gasteiger partial charge in [0.25, 0.3) is 0 Å². The van der Waals surface area contributed by atoms with E-state index >= 15 is 0 Å². The lowest BCUT2D eigenvalue weighted by Gasteiger charge is -2.38. The van der Waals surface area contributed by atoms with Gasteiger partial charge in [0.2, 0.25) is 0 Å². The highest BCUT2D eigenvalue weighted by Gasteiger charge is 2.23. The van der Waals surface area contributed by atoms with Gasteiger partial charge in [-0.2, -0.15) is 0 Å². The van der Waals surface area contributed by atoms with Gasteiger partial charge in [-0.15, -0.1) is 0 Å². The molecular weight excluding hydrogens is 263 g/mol. The summed E-state index contributed by atoms with van der Waals surface area (Å²) in [5, 5.41) is 3.45. The van der Waals surface area contributed by atoms with E-state index in [1.54, 1.807) is 12.1 Å². The van der Waals surface area contributed by atoms with Gasteiger partial charge in [-0.1, -0.05) is 20.8 Å². The zero-order valence-electron chi connectivity index (χ0n) is 13.7. The highest BCUT2D eigenvalue weighted by Crippen LogP contribution is 2.30. The van der Waals surface area contributed by atoms with Crippen molar-refractivity contribution in [3.05, 3.63) is 29.6 Å². The molecule has 0 spiro atoms. The fraction of sp³-hybridized carbons (Fsp3) is 0.667. The molecule has 2 rings (SSSR count). The van der Waals surface area contributed by atoms with Crippen LogP contribution < -0.4 is 10.2 Å². The molecule has 0 saturated carbocycles. The SMILES string of the molecule is CCC1CCCCN1c1ccc(F)cc1CNCC(C)C. The number of hydrogen-bond acceptors (Lipinski definition) is 2. The lowest BCUT2D eigenvalue weighted by atomic mass is 9.98. The molecule has 1 aliphatic heterocycles. The van der Waals surface area contributed by atoms with Crippen molar-refractivity contribution < 1.29 is 4.39 Å². The third-order valence-electron chi connectivity index (χ3n) is 4.32. The molecule has 1 unspecified atom stereocenters. The fourth-order valence-corrected chi connectivity index (χ4v) is 3.21. The maximum atomic E-state index is 13.6. The number of hydrogen-bond donors (Lipinski definition) is 1. The van der Waals surface area contributed by atoms with Gasteiger partial charge in [-0.3, -0.25) is 0 Å². The molecular formula is C18H29FN2. The normalized spacial score (nSPS) is 19.3. The standard InChI is InChI=1S/C18H29FN2/c1-4-17-7-5-6-10-21(17)18-9-8-16(19)11-15(18)13-20-12-14(2)3/h8-9,11,14,17,20H,4-7,10,12-13H2,1-3H3. The Morgan fingerprint density at radius 2 is 2.14 bits per heavy atom. The molecule has 1 saturated heterocycles. The van der Waals surface area contributed by atoms with E-state index in [4.69, 9.17) is 0 Å². The Morgan fingerprint density at radius 1 is 1.33 bits per heavy atom. The van der Waals surface area contributed by atoms with Crippen molar-refractivity contribution in [1.82, 2.24) is 5.32 Å². The highest BCUT2D eigenvalue weighted by atomic mass is 19.1. The summed E-state index contributed by atoms with van der Waals surface area (Å²) < 4.78 is 13.6. The maximum absolute atomic E-state index is 13.6. The molecule has 2 nitrogen and oxygen atoms in total. The van der Waals surface area contributed by atoms with Gasteiger partial charge in [-0.25, -0.2) is 4.39 Å². The molecule has 1 aliphatic rings. The van der Waals surface area contributed by atoms with Crippen molar-refractivity contribution in [2.75, 3.05) is 18.0 Å². The molecule has 21 heavy (non-hydrogen) atoms. The second-order valence-corrected chi connectivity index (χ2v) is 6.55. The summed E-state index contributed by atoms with van der Waals surface area (Å²) in [5.41, 5.74) is 2.32. The maximum Gasteiger partial charge on any atom is 0.123 e. The zero-order chi connectivity index (χ0) is 15.2. The van der Waals surface area contributed by atoms with Crippen molar-refractivity contribution in [2.45, 2.75) is 59.0 Å². The summed E-state index contributed by atoms with van der Waals surface area (Å²) in [6.45, 7) is 9.45. The van der Waals surface area contributed by atoms with Gasteiger partial charge in [-0.05, 0) is 61.9 Å². The van der Waals surface area contributed by atoms with Crippen LogP contribution in [0.15, 0.2) is 18.2 Å². The van der Waals surface area contributed by atoms with Gasteiger partial charge < -0.3 is 10.2 Å². The van der Waals surface area contributed by atoms with Crippen LogP contribution in [0.3, 0.4) is 0 Å². The Bertz CT molecular complexity index is 445. The van der Waals surface area contributed by atoms with Crippen LogP contribution in [0.4, 0.5) is 10.1 Å². The number of benzene rings is 1. The Labute approximate surface area is 128 Å². The monoisotopic (exact) mass is 292 g/mol. The molecule has 0 aliphatic carbocycles. The summed E-state index contributed by atoms with van der Waals surface area (Å²) in [4.78, 5) is 2.50. The average Bonchev–Trinajstić information content (AvgIpc) is 2.47. The van der Waals surface area contributed by atoms with Crippen LogP contribution in [-0.2, 0) is 6.54 Å². The molecule has 0 bridgehead atoms. The van der Waals surface area contributed by atoms with E-state index in [0.717, 1.165) is 31.6 Å². The molecule has 1 aromatic carbocycles. The number of halogens is 1. The van der Waals surface area contributed by atoms with Crippen LogP contribution in [0.1, 0.15) is 52.0 Å². The van der Waals surface area contributed by atoms with E-state index in [1.807, 2.05) is 6.07 Å². The summed E-state index contributed by atoms with van der Waals surface area (Å²) in [6, 6.07) is 5.87. The Morgan fingerprint density at radius 3 is 2.86 bits per heavy atom. The number of rotatable bonds is 6. The molecule has 3 heteroatoms. The van der Waals surface area contributed by atoms with Gasteiger partial charge >= 0.3 is 0 Å². The van der Waals surface area contributed by atoms with Crippen molar-refractivity contribution in [1.29, 1.82) is 0 Å². The van der Waals surface area contributed by atoms with Crippen LogP contribution in [0.5, 0.6) is 0 Å². The quantitative estimate of drug-likeness (QED) is 0.839. The molecule has 0 radical (unpaired) electrons. The van der Waals surface area contributed by atoms with Gasteiger partial charge in [0.1, 0.15) is 5.82 Å². The molecule has 0 aromatic heterocycles. The first-order valence-corrected chi connectivity index (χ1v) is 8.37. The third-order valence-corrected chi connectivity index (χ3v) is 4.32. The van der Waals surface area contributed by atoms with E-state index < -0.39 is 0 Å². The first kappa shape index (κ1) is 16.3. The predicted octanol–water partition coefficient (Wildman–Crippen LogP) is 4.34. The summed E-state index contributed by atoms with van der Waals surface area (Å²) in [6.07, 6.45) is 4.98. The molecule has 0 amide bonds. The molecule has 1 atom stereocenters. The van der Waals surface area contributed by atoms with E-state index in [1.165, 1.54) is 24.9 Å². The molecule has 1 N–H and O–H groups in total. The Kier molecular flexibility index (Phi) is 6.04. The van der Waals surface area contributed by atoms with E-state index in [9.17, 15) is 4.39 Å². The van der Waals surface area contributed by atoms with Crippen LogP contribution in [-0.4, -0.2) is 19.1 Å². The summed E-state index contributed by atoms with van der Waals surface area (Å²) in [7, 11) is 0. The smallest absolute Gasteiger partial charge is 0.123 e. The second kappa shape index (κ2) is 7.79. The zero-order valence-corrected chi connectivity index (χ0v) is 13.7. The lowest BCUT2D eigenvalue weighted by Crippen LogP contribution is -2.40. The van der Waals surface area contributed by atoms with Crippen LogP contribution in [0.25, 0.3) is 0 Å². The minimum absolute atomic E-state index is 0.134. The Hall–Kier alpha value is -1.09. The minimum atomic E-state index is -0.134. The summed E-state index contributed by atoms with van der Waals surface area (Å²) >= 11 is 0. The second-order valence-electron chi connectivity index (χ2n) is 6.55. The Balaban J connectivity index is 2.16. The predicted molar refractivity (Wildman–Crippen MR) is 88.2 cm³/mol. The molecule has 1 fully saturated rings. The third kappa shape index (κ3) is 4.44.